The quantitative estimate of drug-likeness (QED) is 0.293. The van der Waals surface area contributed by atoms with Crippen LogP contribution < -0.4 is 0 Å². The number of nitro groups is 1. The Labute approximate surface area is 185 Å². The van der Waals surface area contributed by atoms with Crippen molar-refractivity contribution in [1.29, 1.82) is 0 Å². The molecule has 7 heteroatoms. The Hall–Kier alpha value is -4.00. The molecule has 0 spiro atoms. The average Bonchev–Trinajstić information content (AvgIpc) is 2.78. The van der Waals surface area contributed by atoms with Gasteiger partial charge in [0, 0.05) is 18.1 Å². The molecule has 0 amide bonds. The van der Waals surface area contributed by atoms with Crippen LogP contribution in [0.15, 0.2) is 60.7 Å². The lowest BCUT2D eigenvalue weighted by Gasteiger charge is -2.18. The first-order valence-electron chi connectivity index (χ1n) is 10.0. The van der Waals surface area contributed by atoms with E-state index in [0.717, 1.165) is 5.56 Å². The zero-order chi connectivity index (χ0) is 23.3. The van der Waals surface area contributed by atoms with E-state index in [9.17, 15) is 19.7 Å². The molecule has 0 N–H and O–H groups in total. The Kier molecular flexibility index (Phi) is 7.00. The van der Waals surface area contributed by atoms with Crippen LogP contribution in [0.5, 0.6) is 0 Å². The van der Waals surface area contributed by atoms with Crippen molar-refractivity contribution in [2.75, 3.05) is 13.7 Å². The van der Waals surface area contributed by atoms with Crippen molar-refractivity contribution >= 4 is 17.6 Å². The lowest BCUT2D eigenvalue weighted by Crippen LogP contribution is -2.16. The smallest absolute Gasteiger partial charge is 0.339 e. The number of nitro benzene ring substituents is 1. The van der Waals surface area contributed by atoms with Crippen LogP contribution in [0.4, 0.5) is 5.69 Å². The van der Waals surface area contributed by atoms with Crippen molar-refractivity contribution in [2.24, 2.45) is 0 Å². The fourth-order valence-electron chi connectivity index (χ4n) is 3.71. The molecule has 0 aliphatic rings. The minimum atomic E-state index is -0.686. The number of carbonyl (C=O) groups excluding carboxylic acids is 2. The van der Waals surface area contributed by atoms with Gasteiger partial charge in [0.25, 0.3) is 5.69 Å². The van der Waals surface area contributed by atoms with E-state index < -0.39 is 16.9 Å². The third kappa shape index (κ3) is 4.67. The summed E-state index contributed by atoms with van der Waals surface area (Å²) in [6.07, 6.45) is 0.516. The van der Waals surface area contributed by atoms with E-state index in [2.05, 4.69) is 0 Å². The number of methoxy groups -OCH3 is 1. The third-order valence-corrected chi connectivity index (χ3v) is 5.15. The molecule has 3 rings (SSSR count). The van der Waals surface area contributed by atoms with E-state index in [0.29, 0.717) is 17.5 Å². The van der Waals surface area contributed by atoms with Gasteiger partial charge in [-0.3, -0.25) is 10.1 Å². The molecule has 0 aromatic heterocycles. The van der Waals surface area contributed by atoms with Crippen LogP contribution in [-0.2, 0) is 15.9 Å². The van der Waals surface area contributed by atoms with E-state index in [1.807, 2.05) is 30.3 Å². The summed E-state index contributed by atoms with van der Waals surface area (Å²) < 4.78 is 10.5. The van der Waals surface area contributed by atoms with Gasteiger partial charge in [0.2, 0.25) is 0 Å². The van der Waals surface area contributed by atoms with Crippen LogP contribution in [0.25, 0.3) is 11.1 Å². The van der Waals surface area contributed by atoms with Crippen LogP contribution >= 0.6 is 0 Å². The Bertz CT molecular complexity index is 1170. The highest BCUT2D eigenvalue weighted by Gasteiger charge is 2.30. The summed E-state index contributed by atoms with van der Waals surface area (Å²) in [5.74, 6) is -1.34. The average molecular weight is 433 g/mol. The van der Waals surface area contributed by atoms with E-state index >= 15 is 0 Å². The maximum Gasteiger partial charge on any atom is 0.339 e. The van der Waals surface area contributed by atoms with Crippen LogP contribution in [0.3, 0.4) is 0 Å². The maximum absolute atomic E-state index is 13.2. The molecule has 0 aliphatic carbocycles. The van der Waals surface area contributed by atoms with Gasteiger partial charge in [-0.05, 0) is 36.6 Å². The molecule has 0 bridgehead atoms. The molecule has 164 valence electrons. The first-order chi connectivity index (χ1) is 15.3. The molecule has 0 aliphatic heterocycles. The number of ether oxygens (including phenoxy) is 2. The monoisotopic (exact) mass is 433 g/mol. The summed E-state index contributed by atoms with van der Waals surface area (Å²) in [4.78, 5) is 37.0. The number of hydrogen-bond donors (Lipinski definition) is 0. The molecule has 32 heavy (non-hydrogen) atoms. The van der Waals surface area contributed by atoms with Gasteiger partial charge in [0.05, 0.1) is 35.3 Å². The van der Waals surface area contributed by atoms with Crippen molar-refractivity contribution in [2.45, 2.75) is 20.3 Å². The molecule has 0 atom stereocenters. The fraction of sp³-hybridized carbons (Fsp3) is 0.200. The molecule has 0 fully saturated rings. The number of benzene rings is 3. The van der Waals surface area contributed by atoms with E-state index in [1.54, 1.807) is 26.0 Å². The van der Waals surface area contributed by atoms with E-state index in [1.165, 1.54) is 25.3 Å². The predicted octanol–water partition coefficient (Wildman–Crippen LogP) is 5.06. The lowest BCUT2D eigenvalue weighted by molar-refractivity contribution is -0.384. The second-order valence-electron chi connectivity index (χ2n) is 7.27. The molecule has 0 unspecified atom stereocenters. The van der Waals surface area contributed by atoms with Gasteiger partial charge in [-0.25, -0.2) is 9.59 Å². The minimum absolute atomic E-state index is 0.0995. The van der Waals surface area contributed by atoms with Crippen LogP contribution in [-0.4, -0.2) is 30.6 Å². The normalized spacial score (nSPS) is 10.5. The zero-order valence-corrected chi connectivity index (χ0v) is 18.1. The Morgan fingerprint density at radius 3 is 2.12 bits per heavy atom. The predicted molar refractivity (Wildman–Crippen MR) is 120 cm³/mol. The molecule has 0 saturated carbocycles. The first-order valence-corrected chi connectivity index (χ1v) is 10.0. The third-order valence-electron chi connectivity index (χ3n) is 5.15. The SMILES string of the molecule is COC(=O)c1c(C)cc(C)c(C(=O)OCCc2ccccc2)c1-c1ccccc1[N+](=O)[O-]. The van der Waals surface area contributed by atoms with Gasteiger partial charge in [0.15, 0.2) is 0 Å². The van der Waals surface area contributed by atoms with Crippen LogP contribution in [0.1, 0.15) is 37.4 Å². The number of para-hydroxylation sites is 1. The van der Waals surface area contributed by atoms with Gasteiger partial charge < -0.3 is 9.47 Å². The standard InChI is InChI=1S/C25H23NO6/c1-16-15-17(2)22(25(28)32-14-13-18-9-5-4-6-10-18)23(21(16)24(27)31-3)19-11-7-8-12-20(19)26(29)30/h4-12,15H,13-14H2,1-3H3. The summed E-state index contributed by atoms with van der Waals surface area (Å²) in [6, 6.07) is 17.2. The fourth-order valence-corrected chi connectivity index (χ4v) is 3.71. The summed E-state index contributed by atoms with van der Waals surface area (Å²) in [5.41, 5.74) is 2.39. The van der Waals surface area contributed by atoms with Gasteiger partial charge in [-0.1, -0.05) is 48.5 Å². The van der Waals surface area contributed by atoms with Gasteiger partial charge in [-0.15, -0.1) is 0 Å². The largest absolute Gasteiger partial charge is 0.465 e. The molecule has 3 aromatic rings. The van der Waals surface area contributed by atoms with Gasteiger partial charge in [-0.2, -0.15) is 0 Å². The molecule has 7 nitrogen and oxygen atoms in total. The van der Waals surface area contributed by atoms with Crippen LogP contribution in [0, 0.1) is 24.0 Å². The van der Waals surface area contributed by atoms with E-state index in [-0.39, 0.29) is 34.5 Å². The number of esters is 2. The lowest BCUT2D eigenvalue weighted by atomic mass is 9.87. The van der Waals surface area contributed by atoms with Crippen molar-refractivity contribution < 1.29 is 24.0 Å². The summed E-state index contributed by atoms with van der Waals surface area (Å²) >= 11 is 0. The second-order valence-corrected chi connectivity index (χ2v) is 7.27. The van der Waals surface area contributed by atoms with Crippen molar-refractivity contribution in [1.82, 2.24) is 0 Å². The number of hydrogen-bond acceptors (Lipinski definition) is 6. The molecule has 3 aromatic carbocycles. The summed E-state index contributed by atoms with van der Waals surface area (Å²) in [7, 11) is 1.22. The maximum atomic E-state index is 13.2. The number of carbonyl (C=O) groups is 2. The number of rotatable bonds is 7. The van der Waals surface area contributed by atoms with Crippen molar-refractivity contribution in [3.05, 3.63) is 98.6 Å². The summed E-state index contributed by atoms with van der Waals surface area (Å²) in [5, 5.41) is 11.7. The second kappa shape index (κ2) is 9.87. The molecule has 0 radical (unpaired) electrons. The first kappa shape index (κ1) is 22.7. The van der Waals surface area contributed by atoms with Crippen LogP contribution in [0.2, 0.25) is 0 Å². The molecule has 0 heterocycles. The zero-order valence-electron chi connectivity index (χ0n) is 18.1. The highest BCUT2D eigenvalue weighted by molar-refractivity contribution is 6.09. The van der Waals surface area contributed by atoms with Gasteiger partial charge >= 0.3 is 11.9 Å². The Morgan fingerprint density at radius 2 is 1.50 bits per heavy atom. The Balaban J connectivity index is 2.12. The minimum Gasteiger partial charge on any atom is -0.465 e. The topological polar surface area (TPSA) is 95.7 Å². The highest BCUT2D eigenvalue weighted by Crippen LogP contribution is 2.38. The van der Waals surface area contributed by atoms with E-state index in [4.69, 9.17) is 9.47 Å². The molecule has 0 saturated heterocycles. The Morgan fingerprint density at radius 1 is 0.906 bits per heavy atom. The highest BCUT2D eigenvalue weighted by atomic mass is 16.6. The molecular weight excluding hydrogens is 410 g/mol. The summed E-state index contributed by atoms with van der Waals surface area (Å²) in [6.45, 7) is 3.53. The molecular formula is C25H23NO6. The number of aryl methyl sites for hydroxylation is 2. The van der Waals surface area contributed by atoms with Crippen molar-refractivity contribution in [3.63, 3.8) is 0 Å². The van der Waals surface area contributed by atoms with Crippen molar-refractivity contribution in [3.8, 4) is 11.1 Å². The van der Waals surface area contributed by atoms with Gasteiger partial charge in [0.1, 0.15) is 0 Å². The number of nitrogens with zero attached hydrogens (tertiary/aromatic N) is 1.